The Morgan fingerprint density at radius 2 is 2.29 bits per heavy atom. The lowest BCUT2D eigenvalue weighted by molar-refractivity contribution is 0.0553. The monoisotopic (exact) mass is 308 g/mol. The van der Waals surface area contributed by atoms with Crippen LogP contribution in [-0.4, -0.2) is 54.1 Å². The topological polar surface area (TPSA) is 49.9 Å². The zero-order chi connectivity index (χ0) is 15.0. The summed E-state index contributed by atoms with van der Waals surface area (Å²) in [6, 6.07) is 1.99. The van der Waals surface area contributed by atoms with Gasteiger partial charge in [-0.15, -0.1) is 11.3 Å². The first kappa shape index (κ1) is 14.4. The molecule has 0 aliphatic carbocycles. The van der Waals surface area contributed by atoms with Crippen molar-refractivity contribution in [2.45, 2.75) is 31.8 Å². The molecule has 2 amide bonds. The van der Waals surface area contributed by atoms with Gasteiger partial charge in [-0.3, -0.25) is 4.79 Å². The van der Waals surface area contributed by atoms with Gasteiger partial charge in [-0.25, -0.2) is 4.79 Å². The highest BCUT2D eigenvalue weighted by Crippen LogP contribution is 2.32. The minimum Gasteiger partial charge on any atom is -0.439 e. The predicted octanol–water partition coefficient (Wildman–Crippen LogP) is 2.37. The maximum Gasteiger partial charge on any atom is 0.410 e. The number of nitrogens with zero attached hydrogens (tertiary/aromatic N) is 2. The number of carbonyl (C=O) groups is 2. The average molecular weight is 308 g/mol. The number of likely N-dealkylation sites (N-methyl/N-ethyl adjacent to an activating group) is 1. The van der Waals surface area contributed by atoms with Crippen molar-refractivity contribution >= 4 is 23.3 Å². The summed E-state index contributed by atoms with van der Waals surface area (Å²) in [5, 5.41) is 1.94. The van der Waals surface area contributed by atoms with Crippen LogP contribution in [-0.2, 0) is 11.2 Å². The van der Waals surface area contributed by atoms with Crippen LogP contribution in [0.25, 0.3) is 0 Å². The Morgan fingerprint density at radius 3 is 2.95 bits per heavy atom. The molecular formula is C15H20N2O3S. The van der Waals surface area contributed by atoms with E-state index in [1.165, 1.54) is 4.88 Å². The summed E-state index contributed by atoms with van der Waals surface area (Å²) >= 11 is 1.64. The van der Waals surface area contributed by atoms with Crippen molar-refractivity contribution in [3.8, 4) is 0 Å². The summed E-state index contributed by atoms with van der Waals surface area (Å²) in [6.07, 6.45) is 2.54. The van der Waals surface area contributed by atoms with E-state index in [1.54, 1.807) is 23.3 Å². The number of hydrogen-bond donors (Lipinski definition) is 0. The molecule has 0 unspecified atom stereocenters. The van der Waals surface area contributed by atoms with Crippen LogP contribution in [0, 0.1) is 0 Å². The second-order valence-electron chi connectivity index (χ2n) is 5.94. The number of aryl methyl sites for hydroxylation is 1. The standard InChI is InChI=1S/C15H20N2O3S/c1-3-4-12-7-11(8-21-12)13(18)17-6-5-15(10-17)9-16(2)14(19)20-15/h7-8H,3-6,9-10H2,1-2H3/t15-/m0/s1. The molecule has 2 fully saturated rings. The molecule has 1 atom stereocenters. The minimum absolute atomic E-state index is 0.0519. The third-order valence-corrected chi connectivity index (χ3v) is 5.14. The number of ether oxygens (including phenoxy) is 1. The van der Waals surface area contributed by atoms with Gasteiger partial charge in [0.15, 0.2) is 5.60 Å². The molecule has 1 aromatic heterocycles. The summed E-state index contributed by atoms with van der Waals surface area (Å²) in [5.41, 5.74) is 0.266. The lowest BCUT2D eigenvalue weighted by Gasteiger charge is -2.21. The van der Waals surface area contributed by atoms with Crippen LogP contribution in [0.1, 0.15) is 35.0 Å². The average Bonchev–Trinajstić information content (AvgIpc) is 3.12. The number of likely N-dealkylation sites (tertiary alicyclic amines) is 1. The quantitative estimate of drug-likeness (QED) is 0.861. The highest BCUT2D eigenvalue weighted by atomic mass is 32.1. The van der Waals surface area contributed by atoms with Gasteiger partial charge >= 0.3 is 6.09 Å². The molecule has 0 radical (unpaired) electrons. The lowest BCUT2D eigenvalue weighted by Crippen LogP contribution is -2.39. The predicted molar refractivity (Wildman–Crippen MR) is 80.7 cm³/mol. The Morgan fingerprint density at radius 1 is 1.48 bits per heavy atom. The van der Waals surface area contributed by atoms with E-state index in [-0.39, 0.29) is 12.0 Å². The molecule has 1 spiro atoms. The van der Waals surface area contributed by atoms with Gasteiger partial charge in [0.1, 0.15) is 0 Å². The molecule has 2 aliphatic heterocycles. The Balaban J connectivity index is 1.68. The van der Waals surface area contributed by atoms with Crippen LogP contribution in [0.4, 0.5) is 4.79 Å². The maximum atomic E-state index is 12.5. The number of hydrogen-bond acceptors (Lipinski definition) is 4. The fourth-order valence-electron chi connectivity index (χ4n) is 3.08. The van der Waals surface area contributed by atoms with Crippen LogP contribution < -0.4 is 0 Å². The van der Waals surface area contributed by atoms with E-state index in [4.69, 9.17) is 4.74 Å². The Kier molecular flexibility index (Phi) is 3.65. The van der Waals surface area contributed by atoms with E-state index in [0.29, 0.717) is 19.6 Å². The first-order valence-electron chi connectivity index (χ1n) is 7.34. The zero-order valence-electron chi connectivity index (χ0n) is 12.4. The molecule has 114 valence electrons. The molecule has 2 saturated heterocycles. The number of amides is 2. The molecule has 0 aromatic carbocycles. The fourth-order valence-corrected chi connectivity index (χ4v) is 4.04. The van der Waals surface area contributed by atoms with Crippen LogP contribution in [0.15, 0.2) is 11.4 Å². The summed E-state index contributed by atoms with van der Waals surface area (Å²) in [7, 11) is 1.73. The van der Waals surface area contributed by atoms with E-state index in [2.05, 4.69) is 6.92 Å². The molecule has 0 saturated carbocycles. The molecule has 3 heterocycles. The summed E-state index contributed by atoms with van der Waals surface area (Å²) in [4.78, 5) is 28.7. The Labute approximate surface area is 128 Å². The molecule has 3 rings (SSSR count). The van der Waals surface area contributed by atoms with Gasteiger partial charge in [0.25, 0.3) is 5.91 Å². The highest BCUT2D eigenvalue weighted by molar-refractivity contribution is 7.10. The van der Waals surface area contributed by atoms with Crippen LogP contribution in [0.5, 0.6) is 0 Å². The van der Waals surface area contributed by atoms with Crippen molar-refractivity contribution in [2.75, 3.05) is 26.7 Å². The first-order chi connectivity index (χ1) is 10.0. The van der Waals surface area contributed by atoms with Crippen molar-refractivity contribution in [3.05, 3.63) is 21.9 Å². The summed E-state index contributed by atoms with van der Waals surface area (Å²) in [6.45, 7) is 3.86. The summed E-state index contributed by atoms with van der Waals surface area (Å²) < 4.78 is 5.48. The first-order valence-corrected chi connectivity index (χ1v) is 8.22. The molecule has 0 bridgehead atoms. The smallest absolute Gasteiger partial charge is 0.410 e. The number of rotatable bonds is 3. The third-order valence-electron chi connectivity index (χ3n) is 4.14. The minimum atomic E-state index is -0.496. The normalized spacial score (nSPS) is 25.0. The van der Waals surface area contributed by atoms with Crippen LogP contribution in [0.3, 0.4) is 0 Å². The van der Waals surface area contributed by atoms with Gasteiger partial charge in [-0.2, -0.15) is 0 Å². The Bertz CT molecular complexity index is 571. The summed E-state index contributed by atoms with van der Waals surface area (Å²) in [5.74, 6) is 0.0519. The largest absolute Gasteiger partial charge is 0.439 e. The van der Waals surface area contributed by atoms with Gasteiger partial charge in [0.2, 0.25) is 0 Å². The molecule has 1 aromatic rings. The lowest BCUT2D eigenvalue weighted by atomic mass is 10.0. The molecular weight excluding hydrogens is 288 g/mol. The second-order valence-corrected chi connectivity index (χ2v) is 6.93. The third kappa shape index (κ3) is 2.64. The number of thiophene rings is 1. The maximum absolute atomic E-state index is 12.5. The second kappa shape index (κ2) is 5.33. The van der Waals surface area contributed by atoms with Gasteiger partial charge in [0.05, 0.1) is 18.7 Å². The fraction of sp³-hybridized carbons (Fsp3) is 0.600. The van der Waals surface area contributed by atoms with Crippen LogP contribution >= 0.6 is 11.3 Å². The van der Waals surface area contributed by atoms with E-state index in [1.807, 2.05) is 16.3 Å². The molecule has 0 N–H and O–H groups in total. The van der Waals surface area contributed by atoms with E-state index in [0.717, 1.165) is 24.8 Å². The zero-order valence-corrected chi connectivity index (χ0v) is 13.2. The van der Waals surface area contributed by atoms with Gasteiger partial charge in [-0.05, 0) is 12.5 Å². The van der Waals surface area contributed by atoms with Crippen LogP contribution in [0.2, 0.25) is 0 Å². The highest BCUT2D eigenvalue weighted by Gasteiger charge is 2.49. The molecule has 5 nitrogen and oxygen atoms in total. The van der Waals surface area contributed by atoms with Crippen molar-refractivity contribution in [3.63, 3.8) is 0 Å². The van der Waals surface area contributed by atoms with E-state index in [9.17, 15) is 9.59 Å². The van der Waals surface area contributed by atoms with E-state index < -0.39 is 5.60 Å². The van der Waals surface area contributed by atoms with Crippen molar-refractivity contribution in [1.29, 1.82) is 0 Å². The van der Waals surface area contributed by atoms with Crippen molar-refractivity contribution in [1.82, 2.24) is 9.80 Å². The molecule has 6 heteroatoms. The molecule has 2 aliphatic rings. The van der Waals surface area contributed by atoms with E-state index >= 15 is 0 Å². The van der Waals surface area contributed by atoms with Gasteiger partial charge < -0.3 is 14.5 Å². The van der Waals surface area contributed by atoms with Crippen molar-refractivity contribution < 1.29 is 14.3 Å². The number of carbonyl (C=O) groups excluding carboxylic acids is 2. The van der Waals surface area contributed by atoms with Gasteiger partial charge in [-0.1, -0.05) is 13.3 Å². The SMILES string of the molecule is CCCc1cc(C(=O)N2CC[C@]3(CN(C)C(=O)O3)C2)cs1. The molecule has 21 heavy (non-hydrogen) atoms. The van der Waals surface area contributed by atoms with Gasteiger partial charge in [0, 0.05) is 30.3 Å². The Hall–Kier alpha value is -1.56. The van der Waals surface area contributed by atoms with Crippen molar-refractivity contribution in [2.24, 2.45) is 0 Å².